The average molecular weight is 203 g/mol. The van der Waals surface area contributed by atoms with E-state index in [0.29, 0.717) is 5.56 Å². The van der Waals surface area contributed by atoms with Gasteiger partial charge in [-0.15, -0.1) is 0 Å². The molecule has 0 radical (unpaired) electrons. The van der Waals surface area contributed by atoms with Crippen molar-refractivity contribution in [2.75, 3.05) is 11.9 Å². The fraction of sp³-hybridized carbons (Fsp3) is 0.333. The SMILES string of the molecule is CN1C(=O)C(C)(C)c2ccc(C=O)cc21. The molecule has 3 nitrogen and oxygen atoms in total. The first-order chi connectivity index (χ1) is 6.98. The van der Waals surface area contributed by atoms with Crippen LogP contribution in [0.3, 0.4) is 0 Å². The van der Waals surface area contributed by atoms with E-state index in [4.69, 9.17) is 0 Å². The maximum Gasteiger partial charge on any atom is 0.236 e. The van der Waals surface area contributed by atoms with Crippen LogP contribution < -0.4 is 4.90 Å². The van der Waals surface area contributed by atoms with Crippen molar-refractivity contribution >= 4 is 17.9 Å². The van der Waals surface area contributed by atoms with Crippen molar-refractivity contribution in [3.05, 3.63) is 29.3 Å². The molecule has 2 rings (SSSR count). The predicted molar refractivity (Wildman–Crippen MR) is 58.3 cm³/mol. The molecule has 0 atom stereocenters. The first kappa shape index (κ1) is 9.90. The second-order valence-corrected chi connectivity index (χ2v) is 4.38. The molecule has 1 aromatic rings. The molecule has 1 heterocycles. The van der Waals surface area contributed by atoms with E-state index in [0.717, 1.165) is 17.5 Å². The molecule has 0 fully saturated rings. The molecule has 0 spiro atoms. The van der Waals surface area contributed by atoms with Crippen LogP contribution in [0.1, 0.15) is 29.8 Å². The maximum atomic E-state index is 11.9. The van der Waals surface area contributed by atoms with Crippen LogP contribution >= 0.6 is 0 Å². The number of benzene rings is 1. The standard InChI is InChI=1S/C12H13NO2/c1-12(2)9-5-4-8(7-14)6-10(9)13(3)11(12)15/h4-7H,1-3H3. The van der Waals surface area contributed by atoms with E-state index in [9.17, 15) is 9.59 Å². The largest absolute Gasteiger partial charge is 0.314 e. The number of hydrogen-bond acceptors (Lipinski definition) is 2. The minimum Gasteiger partial charge on any atom is -0.314 e. The minimum atomic E-state index is -0.481. The zero-order chi connectivity index (χ0) is 11.2. The van der Waals surface area contributed by atoms with E-state index in [1.54, 1.807) is 24.1 Å². The van der Waals surface area contributed by atoms with Crippen LogP contribution in [0.4, 0.5) is 5.69 Å². The van der Waals surface area contributed by atoms with Gasteiger partial charge in [-0.1, -0.05) is 12.1 Å². The molecule has 0 N–H and O–H groups in total. The monoisotopic (exact) mass is 203 g/mol. The summed E-state index contributed by atoms with van der Waals surface area (Å²) in [6.07, 6.45) is 0.796. The Hall–Kier alpha value is -1.64. The number of fused-ring (bicyclic) bond motifs is 1. The van der Waals surface area contributed by atoms with Crippen LogP contribution in [0.2, 0.25) is 0 Å². The van der Waals surface area contributed by atoms with E-state index < -0.39 is 5.41 Å². The van der Waals surface area contributed by atoms with Gasteiger partial charge in [0.05, 0.1) is 5.41 Å². The number of likely N-dealkylation sites (N-methyl/N-ethyl adjacent to an activating group) is 1. The van der Waals surface area contributed by atoms with Gasteiger partial charge in [0.1, 0.15) is 6.29 Å². The van der Waals surface area contributed by atoms with Gasteiger partial charge in [-0.2, -0.15) is 0 Å². The summed E-state index contributed by atoms with van der Waals surface area (Å²) in [5.74, 6) is 0.0700. The molecule has 0 unspecified atom stereocenters. The Labute approximate surface area is 88.7 Å². The minimum absolute atomic E-state index is 0.0700. The third-order valence-electron chi connectivity index (χ3n) is 3.03. The summed E-state index contributed by atoms with van der Waals surface area (Å²) in [4.78, 5) is 24.2. The van der Waals surface area contributed by atoms with E-state index in [2.05, 4.69) is 0 Å². The van der Waals surface area contributed by atoms with Gasteiger partial charge in [0.2, 0.25) is 5.91 Å². The first-order valence-corrected chi connectivity index (χ1v) is 4.86. The van der Waals surface area contributed by atoms with Crippen molar-refractivity contribution in [2.45, 2.75) is 19.3 Å². The molecule has 3 heteroatoms. The van der Waals surface area contributed by atoms with E-state index in [1.807, 2.05) is 19.9 Å². The second-order valence-electron chi connectivity index (χ2n) is 4.38. The molecule has 0 saturated carbocycles. The highest BCUT2D eigenvalue weighted by molar-refractivity contribution is 6.07. The van der Waals surface area contributed by atoms with Gasteiger partial charge in [-0.05, 0) is 25.5 Å². The van der Waals surface area contributed by atoms with Crippen molar-refractivity contribution in [1.29, 1.82) is 0 Å². The second kappa shape index (κ2) is 2.92. The van der Waals surface area contributed by atoms with E-state index >= 15 is 0 Å². The zero-order valence-electron chi connectivity index (χ0n) is 9.07. The van der Waals surface area contributed by atoms with Crippen molar-refractivity contribution in [1.82, 2.24) is 0 Å². The van der Waals surface area contributed by atoms with Gasteiger partial charge in [-0.25, -0.2) is 0 Å². The highest BCUT2D eigenvalue weighted by Gasteiger charge is 2.41. The summed E-state index contributed by atoms with van der Waals surface area (Å²) >= 11 is 0. The smallest absolute Gasteiger partial charge is 0.236 e. The molecule has 78 valence electrons. The van der Waals surface area contributed by atoms with Crippen molar-refractivity contribution in [3.8, 4) is 0 Å². The average Bonchev–Trinajstić information content (AvgIpc) is 2.40. The van der Waals surface area contributed by atoms with E-state index in [1.165, 1.54) is 0 Å². The molecule has 0 bridgehead atoms. The number of carbonyl (C=O) groups is 2. The maximum absolute atomic E-state index is 11.9. The number of anilines is 1. The molecule has 1 aliphatic rings. The molecule has 15 heavy (non-hydrogen) atoms. The molecule has 0 saturated heterocycles. The Morgan fingerprint density at radius 3 is 2.60 bits per heavy atom. The quantitative estimate of drug-likeness (QED) is 0.652. The van der Waals surface area contributed by atoms with Crippen LogP contribution in [0.25, 0.3) is 0 Å². The fourth-order valence-corrected chi connectivity index (χ4v) is 2.07. The molecule has 1 aliphatic heterocycles. The molecular weight excluding hydrogens is 190 g/mol. The Morgan fingerprint density at radius 2 is 2.00 bits per heavy atom. The topological polar surface area (TPSA) is 37.4 Å². The Bertz CT molecular complexity index is 449. The van der Waals surface area contributed by atoms with Crippen LogP contribution in [0.5, 0.6) is 0 Å². The van der Waals surface area contributed by atoms with Gasteiger partial charge in [0, 0.05) is 18.3 Å². The molecule has 1 aromatic carbocycles. The van der Waals surface area contributed by atoms with Gasteiger partial charge in [0.15, 0.2) is 0 Å². The van der Waals surface area contributed by atoms with E-state index in [-0.39, 0.29) is 5.91 Å². The third-order valence-corrected chi connectivity index (χ3v) is 3.03. The fourth-order valence-electron chi connectivity index (χ4n) is 2.07. The van der Waals surface area contributed by atoms with Crippen LogP contribution in [-0.4, -0.2) is 19.2 Å². The molecular formula is C12H13NO2. The van der Waals surface area contributed by atoms with Crippen molar-refractivity contribution in [3.63, 3.8) is 0 Å². The number of amides is 1. The first-order valence-electron chi connectivity index (χ1n) is 4.86. The summed E-state index contributed by atoms with van der Waals surface area (Å²) in [5, 5.41) is 0. The molecule has 0 aliphatic carbocycles. The van der Waals surface area contributed by atoms with Gasteiger partial charge < -0.3 is 4.90 Å². The Morgan fingerprint density at radius 1 is 1.33 bits per heavy atom. The lowest BCUT2D eigenvalue weighted by Gasteiger charge is -2.16. The lowest BCUT2D eigenvalue weighted by Crippen LogP contribution is -2.33. The normalized spacial score (nSPS) is 17.8. The third kappa shape index (κ3) is 1.19. The summed E-state index contributed by atoms with van der Waals surface area (Å²) < 4.78 is 0. The highest BCUT2D eigenvalue weighted by atomic mass is 16.2. The van der Waals surface area contributed by atoms with Crippen molar-refractivity contribution < 1.29 is 9.59 Å². The number of nitrogens with zero attached hydrogens (tertiary/aromatic N) is 1. The lowest BCUT2D eigenvalue weighted by molar-refractivity contribution is -0.121. The zero-order valence-corrected chi connectivity index (χ0v) is 9.07. The molecule has 1 amide bonds. The number of rotatable bonds is 1. The lowest BCUT2D eigenvalue weighted by atomic mass is 9.86. The molecule has 0 aromatic heterocycles. The predicted octanol–water partition coefficient (Wildman–Crippen LogP) is 1.75. The highest BCUT2D eigenvalue weighted by Crippen LogP contribution is 2.40. The van der Waals surface area contributed by atoms with Gasteiger partial charge in [0.25, 0.3) is 0 Å². The van der Waals surface area contributed by atoms with Crippen LogP contribution in [0.15, 0.2) is 18.2 Å². The van der Waals surface area contributed by atoms with Gasteiger partial charge >= 0.3 is 0 Å². The van der Waals surface area contributed by atoms with Crippen molar-refractivity contribution in [2.24, 2.45) is 0 Å². The number of aldehydes is 1. The summed E-state index contributed by atoms with van der Waals surface area (Å²) in [6.45, 7) is 3.80. The summed E-state index contributed by atoms with van der Waals surface area (Å²) in [7, 11) is 1.74. The van der Waals surface area contributed by atoms with Crippen LogP contribution in [-0.2, 0) is 10.2 Å². The number of hydrogen-bond donors (Lipinski definition) is 0. The Balaban J connectivity index is 2.66. The number of carbonyl (C=O) groups excluding carboxylic acids is 2. The Kier molecular flexibility index (Phi) is 1.93. The van der Waals surface area contributed by atoms with Crippen LogP contribution in [0, 0.1) is 0 Å². The van der Waals surface area contributed by atoms with Gasteiger partial charge in [-0.3, -0.25) is 9.59 Å². The summed E-state index contributed by atoms with van der Waals surface area (Å²) in [6, 6.07) is 5.37. The summed E-state index contributed by atoms with van der Waals surface area (Å²) in [5.41, 5.74) is 1.95.